The molecule has 0 unspecified atom stereocenters. The predicted octanol–water partition coefficient (Wildman–Crippen LogP) is 4.53. The lowest BCUT2D eigenvalue weighted by atomic mass is 9.92. The van der Waals surface area contributed by atoms with Crippen molar-refractivity contribution in [1.82, 2.24) is 10.3 Å². The van der Waals surface area contributed by atoms with E-state index in [0.29, 0.717) is 18.4 Å². The Hall–Kier alpha value is -2.57. The number of alkyl halides is 3. The lowest BCUT2D eigenvalue weighted by Gasteiger charge is -2.29. The van der Waals surface area contributed by atoms with E-state index in [-0.39, 0.29) is 23.9 Å². The second-order valence-electron chi connectivity index (χ2n) is 6.76. The zero-order chi connectivity index (χ0) is 19.4. The molecular formula is C20H21F3N2O2. The fourth-order valence-corrected chi connectivity index (χ4v) is 3.20. The van der Waals surface area contributed by atoms with Crippen LogP contribution >= 0.6 is 0 Å². The molecule has 1 fully saturated rings. The smallest absolute Gasteiger partial charge is 0.417 e. The zero-order valence-electron chi connectivity index (χ0n) is 14.9. The van der Waals surface area contributed by atoms with Crippen LogP contribution in [-0.4, -0.2) is 23.0 Å². The summed E-state index contributed by atoms with van der Waals surface area (Å²) in [7, 11) is 0. The average Bonchev–Trinajstić information content (AvgIpc) is 2.63. The molecule has 1 heterocycles. The number of benzene rings is 1. The predicted molar refractivity (Wildman–Crippen MR) is 94.6 cm³/mol. The molecule has 1 aromatic heterocycles. The number of amides is 1. The number of carbonyl (C=O) groups excluding carboxylic acids is 1. The number of aromatic nitrogens is 1. The van der Waals surface area contributed by atoms with Crippen LogP contribution in [-0.2, 0) is 6.18 Å². The number of carbonyl (C=O) groups is 1. The standard InChI is InChI=1S/C20H21F3N2O2/c1-13-4-2-3-5-17(13)19(26)25-15-7-9-16(10-8-15)27-18-11-6-14(12-24-18)20(21,22)23/h2-6,11-12,15-16H,7-10H2,1H3,(H,25,26). The molecule has 0 atom stereocenters. The Morgan fingerprint density at radius 3 is 2.41 bits per heavy atom. The molecule has 0 spiro atoms. The molecule has 3 rings (SSSR count). The maximum atomic E-state index is 12.6. The fourth-order valence-electron chi connectivity index (χ4n) is 3.20. The van der Waals surface area contributed by atoms with E-state index in [1.165, 1.54) is 6.07 Å². The van der Waals surface area contributed by atoms with Crippen molar-refractivity contribution in [2.45, 2.75) is 50.9 Å². The third-order valence-electron chi connectivity index (χ3n) is 4.75. The second kappa shape index (κ2) is 7.98. The van der Waals surface area contributed by atoms with E-state index in [0.717, 1.165) is 30.7 Å². The Morgan fingerprint density at radius 2 is 1.81 bits per heavy atom. The number of rotatable bonds is 4. The van der Waals surface area contributed by atoms with E-state index in [1.807, 2.05) is 25.1 Å². The highest BCUT2D eigenvalue weighted by Gasteiger charge is 2.31. The van der Waals surface area contributed by atoms with Crippen LogP contribution in [0, 0.1) is 6.92 Å². The second-order valence-corrected chi connectivity index (χ2v) is 6.76. The van der Waals surface area contributed by atoms with E-state index >= 15 is 0 Å². The number of hydrogen-bond donors (Lipinski definition) is 1. The van der Waals surface area contributed by atoms with Gasteiger partial charge in [-0.15, -0.1) is 0 Å². The van der Waals surface area contributed by atoms with Crippen LogP contribution in [0.25, 0.3) is 0 Å². The third-order valence-corrected chi connectivity index (χ3v) is 4.75. The number of ether oxygens (including phenoxy) is 1. The van der Waals surface area contributed by atoms with Crippen molar-refractivity contribution in [3.8, 4) is 5.88 Å². The number of halogens is 3. The number of aryl methyl sites for hydroxylation is 1. The highest BCUT2D eigenvalue weighted by atomic mass is 19.4. The number of hydrogen-bond acceptors (Lipinski definition) is 3. The molecular weight excluding hydrogens is 357 g/mol. The first-order valence-electron chi connectivity index (χ1n) is 8.89. The van der Waals surface area contributed by atoms with Gasteiger partial charge < -0.3 is 10.1 Å². The molecule has 1 aromatic carbocycles. The van der Waals surface area contributed by atoms with Crippen LogP contribution < -0.4 is 10.1 Å². The number of nitrogens with zero attached hydrogens (tertiary/aromatic N) is 1. The number of pyridine rings is 1. The average molecular weight is 378 g/mol. The summed E-state index contributed by atoms with van der Waals surface area (Å²) in [6.45, 7) is 1.90. The molecule has 0 aliphatic heterocycles. The van der Waals surface area contributed by atoms with E-state index < -0.39 is 11.7 Å². The largest absolute Gasteiger partial charge is 0.474 e. The molecule has 1 amide bonds. The van der Waals surface area contributed by atoms with Gasteiger partial charge in [0.15, 0.2) is 0 Å². The van der Waals surface area contributed by atoms with Gasteiger partial charge in [0.05, 0.1) is 5.56 Å². The van der Waals surface area contributed by atoms with Crippen molar-refractivity contribution in [3.05, 3.63) is 59.3 Å². The molecule has 1 N–H and O–H groups in total. The number of nitrogens with one attached hydrogen (secondary N) is 1. The normalized spacial score (nSPS) is 20.1. The SMILES string of the molecule is Cc1ccccc1C(=O)NC1CCC(Oc2ccc(C(F)(F)F)cn2)CC1. The molecule has 2 aromatic rings. The van der Waals surface area contributed by atoms with Gasteiger partial charge in [-0.25, -0.2) is 4.98 Å². The van der Waals surface area contributed by atoms with Crippen LogP contribution in [0.4, 0.5) is 13.2 Å². The van der Waals surface area contributed by atoms with Crippen molar-refractivity contribution in [1.29, 1.82) is 0 Å². The monoisotopic (exact) mass is 378 g/mol. The van der Waals surface area contributed by atoms with Crippen molar-refractivity contribution in [2.24, 2.45) is 0 Å². The summed E-state index contributed by atoms with van der Waals surface area (Å²) in [6.07, 6.45) is -0.808. The van der Waals surface area contributed by atoms with Gasteiger partial charge in [-0.1, -0.05) is 18.2 Å². The molecule has 0 saturated heterocycles. The van der Waals surface area contributed by atoms with Crippen LogP contribution in [0.1, 0.15) is 47.2 Å². The first kappa shape index (κ1) is 19.2. The van der Waals surface area contributed by atoms with E-state index in [4.69, 9.17) is 4.74 Å². The maximum Gasteiger partial charge on any atom is 0.417 e. The molecule has 7 heteroatoms. The first-order chi connectivity index (χ1) is 12.8. The van der Waals surface area contributed by atoms with Crippen molar-refractivity contribution in [2.75, 3.05) is 0 Å². The summed E-state index contributed by atoms with van der Waals surface area (Å²) in [5.74, 6) is 0.109. The molecule has 27 heavy (non-hydrogen) atoms. The molecule has 1 aliphatic rings. The van der Waals surface area contributed by atoms with Crippen molar-refractivity contribution in [3.63, 3.8) is 0 Å². The highest BCUT2D eigenvalue weighted by Crippen LogP contribution is 2.30. The third kappa shape index (κ3) is 4.99. The van der Waals surface area contributed by atoms with Crippen molar-refractivity contribution < 1.29 is 22.7 Å². The zero-order valence-corrected chi connectivity index (χ0v) is 14.9. The summed E-state index contributed by atoms with van der Waals surface area (Å²) in [5.41, 5.74) is 0.808. The minimum Gasteiger partial charge on any atom is -0.474 e. The molecule has 0 radical (unpaired) electrons. The summed E-state index contributed by atoms with van der Waals surface area (Å²) in [6, 6.07) is 9.71. The van der Waals surface area contributed by atoms with E-state index in [9.17, 15) is 18.0 Å². The topological polar surface area (TPSA) is 51.2 Å². The van der Waals surface area contributed by atoms with Gasteiger partial charge in [0.1, 0.15) is 6.10 Å². The lowest BCUT2D eigenvalue weighted by molar-refractivity contribution is -0.137. The molecule has 1 aliphatic carbocycles. The summed E-state index contributed by atoms with van der Waals surface area (Å²) < 4.78 is 43.4. The quantitative estimate of drug-likeness (QED) is 0.851. The van der Waals surface area contributed by atoms with Crippen LogP contribution in [0.3, 0.4) is 0 Å². The summed E-state index contributed by atoms with van der Waals surface area (Å²) >= 11 is 0. The molecule has 0 bridgehead atoms. The van der Waals surface area contributed by atoms with Gasteiger partial charge in [0.2, 0.25) is 5.88 Å². The van der Waals surface area contributed by atoms with Gasteiger partial charge in [0.25, 0.3) is 5.91 Å². The Kier molecular flexibility index (Phi) is 5.68. The van der Waals surface area contributed by atoms with Crippen LogP contribution in [0.5, 0.6) is 5.88 Å². The lowest BCUT2D eigenvalue weighted by Crippen LogP contribution is -2.40. The summed E-state index contributed by atoms with van der Waals surface area (Å²) in [5, 5.41) is 3.05. The molecule has 4 nitrogen and oxygen atoms in total. The van der Waals surface area contributed by atoms with Gasteiger partial charge in [-0.3, -0.25) is 4.79 Å². The minimum absolute atomic E-state index is 0.0671. The fraction of sp³-hybridized carbons (Fsp3) is 0.400. The highest BCUT2D eigenvalue weighted by molar-refractivity contribution is 5.95. The maximum absolute atomic E-state index is 12.6. The van der Waals surface area contributed by atoms with E-state index in [2.05, 4.69) is 10.3 Å². The van der Waals surface area contributed by atoms with Crippen molar-refractivity contribution >= 4 is 5.91 Å². The molecule has 144 valence electrons. The Bertz CT molecular complexity index is 783. The first-order valence-corrected chi connectivity index (χ1v) is 8.89. The minimum atomic E-state index is -4.40. The van der Waals surface area contributed by atoms with Gasteiger partial charge in [-0.05, 0) is 50.3 Å². The van der Waals surface area contributed by atoms with Crippen LogP contribution in [0.2, 0.25) is 0 Å². The Morgan fingerprint density at radius 1 is 1.11 bits per heavy atom. The summed E-state index contributed by atoms with van der Waals surface area (Å²) in [4.78, 5) is 16.1. The van der Waals surface area contributed by atoms with Gasteiger partial charge >= 0.3 is 6.18 Å². The van der Waals surface area contributed by atoms with Gasteiger partial charge in [0, 0.05) is 23.9 Å². The van der Waals surface area contributed by atoms with Crippen LogP contribution in [0.15, 0.2) is 42.6 Å². The molecule has 1 saturated carbocycles. The van der Waals surface area contributed by atoms with Gasteiger partial charge in [-0.2, -0.15) is 13.2 Å². The Labute approximate surface area is 155 Å². The van der Waals surface area contributed by atoms with E-state index in [1.54, 1.807) is 6.07 Å². The Balaban J connectivity index is 1.49.